The van der Waals surface area contributed by atoms with Gasteiger partial charge < -0.3 is 10.2 Å². The minimum atomic E-state index is 0.171. The number of hydrogen-bond donors (Lipinski definition) is 1. The number of pyridine rings is 1. The summed E-state index contributed by atoms with van der Waals surface area (Å²) in [6.07, 6.45) is 8.24. The Hall–Kier alpha value is -2.17. The normalized spacial score (nSPS) is 15.0. The van der Waals surface area contributed by atoms with Crippen LogP contribution in [0.25, 0.3) is 0 Å². The summed E-state index contributed by atoms with van der Waals surface area (Å²) in [6, 6.07) is 4.23. The zero-order valence-electron chi connectivity index (χ0n) is 13.5. The number of nitrogens with zero attached hydrogens (tertiary/aromatic N) is 4. The Labute approximate surface area is 131 Å². The van der Waals surface area contributed by atoms with Crippen LogP contribution in [-0.2, 0) is 12.8 Å². The van der Waals surface area contributed by atoms with Crippen molar-refractivity contribution < 1.29 is 0 Å². The highest BCUT2D eigenvalue weighted by atomic mass is 15.2. The summed E-state index contributed by atoms with van der Waals surface area (Å²) in [5, 5.41) is 3.56. The van der Waals surface area contributed by atoms with Crippen LogP contribution in [-0.4, -0.2) is 29.0 Å². The second-order valence-electron chi connectivity index (χ2n) is 6.05. The van der Waals surface area contributed by atoms with Crippen LogP contribution in [0.3, 0.4) is 0 Å². The number of nitrogens with one attached hydrogen (secondary N) is 1. The molecule has 1 aliphatic rings. The molecule has 1 atom stereocenters. The van der Waals surface area contributed by atoms with Gasteiger partial charge in [0.15, 0.2) is 0 Å². The monoisotopic (exact) mass is 297 g/mol. The maximum absolute atomic E-state index is 4.73. The fraction of sp³-hybridized carbons (Fsp3) is 0.471. The third-order valence-corrected chi connectivity index (χ3v) is 4.11. The topological polar surface area (TPSA) is 53.9 Å². The van der Waals surface area contributed by atoms with Gasteiger partial charge in [-0.2, -0.15) is 4.98 Å². The third-order valence-electron chi connectivity index (χ3n) is 4.11. The van der Waals surface area contributed by atoms with Gasteiger partial charge in [-0.3, -0.25) is 4.98 Å². The Morgan fingerprint density at radius 3 is 2.73 bits per heavy atom. The maximum Gasteiger partial charge on any atom is 0.227 e. The Balaban J connectivity index is 1.93. The first kappa shape index (κ1) is 14.8. The molecule has 22 heavy (non-hydrogen) atoms. The average Bonchev–Trinajstić information content (AvgIpc) is 2.55. The maximum atomic E-state index is 4.73. The second kappa shape index (κ2) is 6.30. The van der Waals surface area contributed by atoms with Gasteiger partial charge in [0.25, 0.3) is 0 Å². The zero-order chi connectivity index (χ0) is 15.5. The minimum absolute atomic E-state index is 0.171. The largest absolute Gasteiger partial charge is 0.363 e. The molecule has 2 aromatic heterocycles. The van der Waals surface area contributed by atoms with Crippen molar-refractivity contribution in [2.24, 2.45) is 0 Å². The molecule has 0 bridgehead atoms. The lowest BCUT2D eigenvalue weighted by Gasteiger charge is -2.24. The van der Waals surface area contributed by atoms with E-state index in [1.54, 1.807) is 6.20 Å². The van der Waals surface area contributed by atoms with Crippen molar-refractivity contribution in [3.8, 4) is 0 Å². The number of rotatable bonds is 4. The number of aryl methyl sites for hydroxylation is 1. The minimum Gasteiger partial charge on any atom is -0.363 e. The van der Waals surface area contributed by atoms with Crippen molar-refractivity contribution in [3.05, 3.63) is 41.3 Å². The molecule has 0 fully saturated rings. The van der Waals surface area contributed by atoms with E-state index < -0.39 is 0 Å². The molecule has 5 nitrogen and oxygen atoms in total. The summed E-state index contributed by atoms with van der Waals surface area (Å²) < 4.78 is 0. The smallest absolute Gasteiger partial charge is 0.227 e. The van der Waals surface area contributed by atoms with E-state index in [9.17, 15) is 0 Å². The standard InChI is InChI=1S/C17H23N5/c1-12(13-7-6-10-18-11-13)19-16-14-8-4-5-9-15(14)20-17(21-16)22(2)3/h6-7,10-12H,4-5,8-9H2,1-3H3,(H,19,20,21)/t12-/m1/s1. The van der Waals surface area contributed by atoms with Crippen LogP contribution in [0, 0.1) is 0 Å². The summed E-state index contributed by atoms with van der Waals surface area (Å²) in [7, 11) is 3.97. The van der Waals surface area contributed by atoms with Gasteiger partial charge in [0.05, 0.1) is 11.7 Å². The van der Waals surface area contributed by atoms with Crippen molar-refractivity contribution in [1.82, 2.24) is 15.0 Å². The fourth-order valence-electron chi connectivity index (χ4n) is 2.82. The molecule has 2 heterocycles. The van der Waals surface area contributed by atoms with Gasteiger partial charge in [-0.1, -0.05) is 6.07 Å². The van der Waals surface area contributed by atoms with Crippen molar-refractivity contribution in [1.29, 1.82) is 0 Å². The van der Waals surface area contributed by atoms with Gasteiger partial charge >= 0.3 is 0 Å². The highest BCUT2D eigenvalue weighted by Crippen LogP contribution is 2.29. The van der Waals surface area contributed by atoms with E-state index in [2.05, 4.69) is 23.3 Å². The van der Waals surface area contributed by atoms with Gasteiger partial charge in [-0.05, 0) is 44.2 Å². The molecule has 0 amide bonds. The Morgan fingerprint density at radius 1 is 1.18 bits per heavy atom. The summed E-state index contributed by atoms with van der Waals surface area (Å²) in [5.74, 6) is 1.76. The van der Waals surface area contributed by atoms with Crippen molar-refractivity contribution in [2.45, 2.75) is 38.6 Å². The Morgan fingerprint density at radius 2 is 2.00 bits per heavy atom. The van der Waals surface area contributed by atoms with E-state index in [-0.39, 0.29) is 6.04 Å². The van der Waals surface area contributed by atoms with E-state index in [1.165, 1.54) is 24.1 Å². The lowest BCUT2D eigenvalue weighted by molar-refractivity contribution is 0.660. The Kier molecular flexibility index (Phi) is 4.22. The molecule has 0 unspecified atom stereocenters. The molecule has 116 valence electrons. The number of aromatic nitrogens is 3. The molecule has 1 aliphatic carbocycles. The van der Waals surface area contributed by atoms with Gasteiger partial charge in [0, 0.05) is 32.1 Å². The second-order valence-corrected chi connectivity index (χ2v) is 6.05. The SMILES string of the molecule is C[C@@H](Nc1nc(N(C)C)nc2c1CCCC2)c1cccnc1. The molecule has 1 N–H and O–H groups in total. The molecule has 0 saturated heterocycles. The molecule has 0 aliphatic heterocycles. The Bertz CT molecular complexity index is 639. The van der Waals surface area contributed by atoms with Crippen LogP contribution in [0.4, 0.5) is 11.8 Å². The first-order valence-electron chi connectivity index (χ1n) is 7.88. The van der Waals surface area contributed by atoms with Crippen LogP contribution < -0.4 is 10.2 Å². The van der Waals surface area contributed by atoms with E-state index in [0.29, 0.717) is 0 Å². The van der Waals surface area contributed by atoms with E-state index in [4.69, 9.17) is 9.97 Å². The third kappa shape index (κ3) is 3.03. The molecule has 0 saturated carbocycles. The first-order chi connectivity index (χ1) is 10.6. The summed E-state index contributed by atoms with van der Waals surface area (Å²) in [4.78, 5) is 15.6. The first-order valence-corrected chi connectivity index (χ1v) is 7.88. The van der Waals surface area contributed by atoms with Crippen LogP contribution >= 0.6 is 0 Å². The molecular weight excluding hydrogens is 274 g/mol. The van der Waals surface area contributed by atoms with Gasteiger partial charge in [-0.15, -0.1) is 0 Å². The molecule has 0 spiro atoms. The lowest BCUT2D eigenvalue weighted by atomic mass is 9.96. The molecule has 3 rings (SSSR count). The number of hydrogen-bond acceptors (Lipinski definition) is 5. The molecule has 5 heteroatoms. The summed E-state index contributed by atoms with van der Waals surface area (Å²) in [6.45, 7) is 2.14. The van der Waals surface area contributed by atoms with E-state index in [0.717, 1.165) is 30.2 Å². The van der Waals surface area contributed by atoms with E-state index in [1.807, 2.05) is 31.3 Å². The number of anilines is 2. The van der Waals surface area contributed by atoms with Gasteiger partial charge in [0.2, 0.25) is 5.95 Å². The predicted octanol–water partition coefficient (Wildman–Crippen LogP) is 2.99. The molecule has 0 aromatic carbocycles. The van der Waals surface area contributed by atoms with Crippen LogP contribution in [0.15, 0.2) is 24.5 Å². The molecule has 0 radical (unpaired) electrons. The van der Waals surface area contributed by atoms with Gasteiger partial charge in [0.1, 0.15) is 5.82 Å². The van der Waals surface area contributed by atoms with Crippen molar-refractivity contribution in [3.63, 3.8) is 0 Å². The zero-order valence-corrected chi connectivity index (χ0v) is 13.5. The lowest BCUT2D eigenvalue weighted by Crippen LogP contribution is -2.20. The highest BCUT2D eigenvalue weighted by Gasteiger charge is 2.20. The highest BCUT2D eigenvalue weighted by molar-refractivity contribution is 5.53. The average molecular weight is 297 g/mol. The van der Waals surface area contributed by atoms with Crippen LogP contribution in [0.1, 0.15) is 42.6 Å². The molecule has 2 aromatic rings. The number of fused-ring (bicyclic) bond motifs is 1. The van der Waals surface area contributed by atoms with Gasteiger partial charge in [-0.25, -0.2) is 4.98 Å². The molecular formula is C17H23N5. The van der Waals surface area contributed by atoms with Crippen LogP contribution in [0.5, 0.6) is 0 Å². The van der Waals surface area contributed by atoms with Crippen LogP contribution in [0.2, 0.25) is 0 Å². The van der Waals surface area contributed by atoms with Crippen molar-refractivity contribution in [2.75, 3.05) is 24.3 Å². The quantitative estimate of drug-likeness (QED) is 0.940. The fourth-order valence-corrected chi connectivity index (χ4v) is 2.82. The van der Waals surface area contributed by atoms with E-state index >= 15 is 0 Å². The summed E-state index contributed by atoms with van der Waals surface area (Å²) >= 11 is 0. The predicted molar refractivity (Wildman–Crippen MR) is 89.3 cm³/mol. The van der Waals surface area contributed by atoms with Crippen molar-refractivity contribution >= 4 is 11.8 Å². The summed E-state index contributed by atoms with van der Waals surface area (Å²) in [5.41, 5.74) is 3.65.